The van der Waals surface area contributed by atoms with E-state index in [1.807, 2.05) is 26.0 Å². The van der Waals surface area contributed by atoms with Crippen molar-refractivity contribution in [2.24, 2.45) is 0 Å². The third kappa shape index (κ3) is 4.08. The van der Waals surface area contributed by atoms with Gasteiger partial charge in [-0.15, -0.1) is 0 Å². The molecule has 0 aromatic carbocycles. The third-order valence-electron chi connectivity index (χ3n) is 3.53. The van der Waals surface area contributed by atoms with Gasteiger partial charge in [0.25, 0.3) is 0 Å². The Morgan fingerprint density at radius 2 is 2.00 bits per heavy atom. The molecule has 0 atom stereocenters. The second-order valence-electron chi connectivity index (χ2n) is 5.81. The number of nitrogens with zero attached hydrogens (tertiary/aromatic N) is 3. The van der Waals surface area contributed by atoms with Gasteiger partial charge in [-0.3, -0.25) is 4.90 Å². The second kappa shape index (κ2) is 5.75. The lowest BCUT2D eigenvalue weighted by Crippen LogP contribution is -2.48. The quantitative estimate of drug-likeness (QED) is 0.847. The van der Waals surface area contributed by atoms with Gasteiger partial charge in [-0.1, -0.05) is 0 Å². The molecule has 0 amide bonds. The van der Waals surface area contributed by atoms with Crippen LogP contribution < -0.4 is 10.6 Å². The summed E-state index contributed by atoms with van der Waals surface area (Å²) in [6.45, 7) is 8.52. The van der Waals surface area contributed by atoms with Crippen LogP contribution in [0.1, 0.15) is 20.3 Å². The van der Waals surface area contributed by atoms with Crippen molar-refractivity contribution in [3.05, 3.63) is 18.3 Å². The SMILES string of the molecule is CC(C)(O)CCN1CCN(c2ncccc2N)CC1. The first kappa shape index (κ1) is 14.1. The molecule has 0 bridgehead atoms. The lowest BCUT2D eigenvalue weighted by Gasteiger charge is -2.36. The standard InChI is InChI=1S/C14H24N4O/c1-14(2,19)5-7-17-8-10-18(11-9-17)13-12(15)4-3-6-16-13/h3-4,6,19H,5,7-11,15H2,1-2H3. The maximum atomic E-state index is 9.75. The number of nitrogen functional groups attached to an aromatic ring is 1. The monoisotopic (exact) mass is 264 g/mol. The Bertz CT molecular complexity index is 408. The summed E-state index contributed by atoms with van der Waals surface area (Å²) < 4.78 is 0. The highest BCUT2D eigenvalue weighted by molar-refractivity contribution is 5.62. The summed E-state index contributed by atoms with van der Waals surface area (Å²) in [5, 5.41) is 9.75. The molecule has 3 N–H and O–H groups in total. The van der Waals surface area contributed by atoms with E-state index in [0.29, 0.717) is 0 Å². The Hall–Kier alpha value is -1.33. The number of nitrogens with two attached hydrogens (primary N) is 1. The van der Waals surface area contributed by atoms with Crippen molar-refractivity contribution in [3.63, 3.8) is 0 Å². The summed E-state index contributed by atoms with van der Waals surface area (Å²) >= 11 is 0. The number of aromatic nitrogens is 1. The molecule has 0 saturated carbocycles. The molecule has 1 aromatic heterocycles. The van der Waals surface area contributed by atoms with Gasteiger partial charge in [-0.2, -0.15) is 0 Å². The number of pyridine rings is 1. The Balaban J connectivity index is 1.84. The molecule has 2 rings (SSSR count). The summed E-state index contributed by atoms with van der Waals surface area (Å²) in [4.78, 5) is 8.97. The number of anilines is 2. The second-order valence-corrected chi connectivity index (χ2v) is 5.81. The first-order chi connectivity index (χ1) is 8.96. The van der Waals surface area contributed by atoms with Crippen molar-refractivity contribution in [2.45, 2.75) is 25.9 Å². The molecule has 1 saturated heterocycles. The predicted molar refractivity (Wildman–Crippen MR) is 78.2 cm³/mol. The van der Waals surface area contributed by atoms with Gasteiger partial charge in [0.1, 0.15) is 0 Å². The van der Waals surface area contributed by atoms with Crippen LogP contribution in [0.15, 0.2) is 18.3 Å². The zero-order valence-corrected chi connectivity index (χ0v) is 11.8. The van der Waals surface area contributed by atoms with Crippen molar-refractivity contribution in [1.82, 2.24) is 9.88 Å². The Morgan fingerprint density at radius 1 is 1.32 bits per heavy atom. The van der Waals surface area contributed by atoms with Crippen LogP contribution in [-0.2, 0) is 0 Å². The van der Waals surface area contributed by atoms with Crippen LogP contribution in [0.4, 0.5) is 11.5 Å². The highest BCUT2D eigenvalue weighted by Gasteiger charge is 2.21. The molecule has 0 radical (unpaired) electrons. The highest BCUT2D eigenvalue weighted by Crippen LogP contribution is 2.20. The molecule has 2 heterocycles. The largest absolute Gasteiger partial charge is 0.396 e. The Kier molecular flexibility index (Phi) is 4.27. The van der Waals surface area contributed by atoms with Gasteiger partial charge in [-0.05, 0) is 32.4 Å². The zero-order chi connectivity index (χ0) is 13.9. The molecule has 1 aliphatic rings. The number of piperazine rings is 1. The van der Waals surface area contributed by atoms with Crippen LogP contribution in [0, 0.1) is 0 Å². The minimum atomic E-state index is -0.581. The average molecular weight is 264 g/mol. The minimum absolute atomic E-state index is 0.581. The van der Waals surface area contributed by atoms with Crippen LogP contribution in [0.25, 0.3) is 0 Å². The maximum absolute atomic E-state index is 9.75. The van der Waals surface area contributed by atoms with E-state index in [1.54, 1.807) is 6.20 Å². The van der Waals surface area contributed by atoms with E-state index < -0.39 is 5.60 Å². The average Bonchev–Trinajstić information content (AvgIpc) is 2.37. The normalized spacial score (nSPS) is 17.7. The van der Waals surface area contributed by atoms with Gasteiger partial charge in [-0.25, -0.2) is 4.98 Å². The van der Waals surface area contributed by atoms with E-state index in [-0.39, 0.29) is 0 Å². The van der Waals surface area contributed by atoms with Crippen LogP contribution in [0.5, 0.6) is 0 Å². The van der Waals surface area contributed by atoms with Crippen molar-refractivity contribution in [2.75, 3.05) is 43.4 Å². The molecule has 1 fully saturated rings. The predicted octanol–water partition coefficient (Wildman–Crippen LogP) is 0.947. The van der Waals surface area contributed by atoms with E-state index in [2.05, 4.69) is 14.8 Å². The van der Waals surface area contributed by atoms with Gasteiger partial charge < -0.3 is 15.7 Å². The molecule has 1 aromatic rings. The molecule has 1 aliphatic heterocycles. The number of aliphatic hydroxyl groups is 1. The van der Waals surface area contributed by atoms with Crippen LogP contribution in [0.3, 0.4) is 0 Å². The third-order valence-corrected chi connectivity index (χ3v) is 3.53. The van der Waals surface area contributed by atoms with Gasteiger partial charge in [0, 0.05) is 38.9 Å². The lowest BCUT2D eigenvalue weighted by atomic mass is 10.1. The van der Waals surface area contributed by atoms with Crippen molar-refractivity contribution in [3.8, 4) is 0 Å². The van der Waals surface area contributed by atoms with E-state index >= 15 is 0 Å². The first-order valence-electron chi connectivity index (χ1n) is 6.86. The van der Waals surface area contributed by atoms with Gasteiger partial charge in [0.2, 0.25) is 0 Å². The fourth-order valence-electron chi connectivity index (χ4n) is 2.29. The fourth-order valence-corrected chi connectivity index (χ4v) is 2.29. The van der Waals surface area contributed by atoms with Crippen molar-refractivity contribution < 1.29 is 5.11 Å². The summed E-state index contributed by atoms with van der Waals surface area (Å²) in [5.41, 5.74) is 6.11. The number of rotatable bonds is 4. The van der Waals surface area contributed by atoms with Crippen LogP contribution in [-0.4, -0.2) is 53.3 Å². The van der Waals surface area contributed by atoms with Gasteiger partial charge >= 0.3 is 0 Å². The topological polar surface area (TPSA) is 65.6 Å². The first-order valence-corrected chi connectivity index (χ1v) is 6.86. The van der Waals surface area contributed by atoms with E-state index in [9.17, 15) is 5.11 Å². The van der Waals surface area contributed by atoms with Crippen molar-refractivity contribution in [1.29, 1.82) is 0 Å². The van der Waals surface area contributed by atoms with Crippen molar-refractivity contribution >= 4 is 11.5 Å². The summed E-state index contributed by atoms with van der Waals surface area (Å²) in [7, 11) is 0. The lowest BCUT2D eigenvalue weighted by molar-refractivity contribution is 0.0569. The molecule has 19 heavy (non-hydrogen) atoms. The van der Waals surface area contributed by atoms with Crippen LogP contribution >= 0.6 is 0 Å². The number of hydrogen-bond donors (Lipinski definition) is 2. The molecule has 0 spiro atoms. The smallest absolute Gasteiger partial charge is 0.151 e. The minimum Gasteiger partial charge on any atom is -0.396 e. The van der Waals surface area contributed by atoms with E-state index in [1.165, 1.54) is 0 Å². The molecule has 106 valence electrons. The molecular weight excluding hydrogens is 240 g/mol. The summed E-state index contributed by atoms with van der Waals surface area (Å²) in [6.07, 6.45) is 2.59. The fraction of sp³-hybridized carbons (Fsp3) is 0.643. The molecule has 0 aliphatic carbocycles. The van der Waals surface area contributed by atoms with E-state index in [0.717, 1.165) is 50.6 Å². The van der Waals surface area contributed by atoms with Crippen LogP contribution in [0.2, 0.25) is 0 Å². The van der Waals surface area contributed by atoms with Gasteiger partial charge in [0.15, 0.2) is 5.82 Å². The Labute approximate surface area is 115 Å². The highest BCUT2D eigenvalue weighted by atomic mass is 16.3. The molecule has 0 unspecified atom stereocenters. The summed E-state index contributed by atoms with van der Waals surface area (Å²) in [6, 6.07) is 3.75. The zero-order valence-electron chi connectivity index (χ0n) is 11.8. The van der Waals surface area contributed by atoms with Gasteiger partial charge in [0.05, 0.1) is 11.3 Å². The molecule has 5 nitrogen and oxygen atoms in total. The van der Waals surface area contributed by atoms with E-state index in [4.69, 9.17) is 5.73 Å². The number of hydrogen-bond acceptors (Lipinski definition) is 5. The molecular formula is C14H24N4O. The Morgan fingerprint density at radius 3 is 2.58 bits per heavy atom. The molecule has 5 heteroatoms. The summed E-state index contributed by atoms with van der Waals surface area (Å²) in [5.74, 6) is 0.893. The maximum Gasteiger partial charge on any atom is 0.151 e.